The minimum absolute atomic E-state index is 0.0847. The molecule has 0 spiro atoms. The number of halogens is 3. The summed E-state index contributed by atoms with van der Waals surface area (Å²) in [5.41, 5.74) is 6.40. The standard InChI is InChI=1S/C46H55N3O4.C2HF3O2/c1-53-46(52)40-21-19-38(20-22-40)33-49(44(50)18-7-13-35-9-3-2-4-10-35)34-39-14-6-15-41(31-39)42-16-8-17-43(32-42)45(51)48-29-25-37(26-30-48)12-5-11-36-23-27-47-28-24-36;3-2(4,5)1(6)7/h2-4,6,8-10,14-17,19-22,31-32,36-37,47H,5,7,11-13,18,23-30,33-34H2,1H3;(H,6,7). The van der Waals surface area contributed by atoms with E-state index in [0.717, 1.165) is 78.4 Å². The van der Waals surface area contributed by atoms with E-state index in [9.17, 15) is 27.6 Å². The number of carbonyl (C=O) groups excluding carboxylic acids is 3. The fraction of sp³-hybridized carbons (Fsp3) is 0.417. The van der Waals surface area contributed by atoms with Gasteiger partial charge in [0.15, 0.2) is 0 Å². The van der Waals surface area contributed by atoms with Crippen LogP contribution in [0.15, 0.2) is 103 Å². The Balaban J connectivity index is 0.000000896. The summed E-state index contributed by atoms with van der Waals surface area (Å²) < 4.78 is 36.6. The third-order valence-electron chi connectivity index (χ3n) is 11.4. The van der Waals surface area contributed by atoms with Gasteiger partial charge in [-0.3, -0.25) is 9.59 Å². The van der Waals surface area contributed by atoms with E-state index in [0.29, 0.717) is 25.1 Å². The minimum Gasteiger partial charge on any atom is -0.475 e. The van der Waals surface area contributed by atoms with Gasteiger partial charge in [0.25, 0.3) is 5.91 Å². The molecule has 0 radical (unpaired) electrons. The zero-order chi connectivity index (χ0) is 42.9. The highest BCUT2D eigenvalue weighted by Gasteiger charge is 2.38. The number of hydrogen-bond acceptors (Lipinski definition) is 6. The molecule has 60 heavy (non-hydrogen) atoms. The highest BCUT2D eigenvalue weighted by molar-refractivity contribution is 5.95. The lowest BCUT2D eigenvalue weighted by molar-refractivity contribution is -0.192. The number of carbonyl (C=O) groups is 4. The highest BCUT2D eigenvalue weighted by Crippen LogP contribution is 2.28. The molecule has 12 heteroatoms. The van der Waals surface area contributed by atoms with Gasteiger partial charge in [0.05, 0.1) is 12.7 Å². The molecule has 0 unspecified atom stereocenters. The Kier molecular flexibility index (Phi) is 17.3. The molecule has 0 saturated carbocycles. The summed E-state index contributed by atoms with van der Waals surface area (Å²) in [6.07, 6.45) is 5.74. The van der Waals surface area contributed by atoms with Crippen molar-refractivity contribution in [3.05, 3.63) is 131 Å². The van der Waals surface area contributed by atoms with E-state index in [1.54, 1.807) is 12.1 Å². The fourth-order valence-electron chi connectivity index (χ4n) is 7.94. The Morgan fingerprint density at radius 3 is 1.93 bits per heavy atom. The second-order valence-corrected chi connectivity index (χ2v) is 15.7. The number of aliphatic carboxylic acids is 1. The van der Waals surface area contributed by atoms with Gasteiger partial charge >= 0.3 is 18.1 Å². The molecular weight excluding hydrogens is 772 g/mol. The average Bonchev–Trinajstić information content (AvgIpc) is 3.27. The number of rotatable bonds is 15. The van der Waals surface area contributed by atoms with Gasteiger partial charge in [0.2, 0.25) is 5.91 Å². The number of aryl methyl sites for hydroxylation is 1. The molecule has 2 N–H and O–H groups in total. The Morgan fingerprint density at radius 2 is 1.30 bits per heavy atom. The summed E-state index contributed by atoms with van der Waals surface area (Å²) >= 11 is 0. The molecule has 6 rings (SSSR count). The average molecular weight is 828 g/mol. The third-order valence-corrected chi connectivity index (χ3v) is 11.4. The molecule has 320 valence electrons. The maximum atomic E-state index is 13.7. The lowest BCUT2D eigenvalue weighted by atomic mass is 9.87. The highest BCUT2D eigenvalue weighted by atomic mass is 19.4. The van der Waals surface area contributed by atoms with Crippen LogP contribution in [-0.2, 0) is 33.8 Å². The summed E-state index contributed by atoms with van der Waals surface area (Å²) in [7, 11) is 1.37. The van der Waals surface area contributed by atoms with Crippen LogP contribution in [0, 0.1) is 11.8 Å². The van der Waals surface area contributed by atoms with Gasteiger partial charge in [-0.1, -0.05) is 92.1 Å². The number of nitrogens with one attached hydrogen (secondary N) is 1. The number of likely N-dealkylation sites (tertiary alicyclic amines) is 1. The number of amides is 2. The lowest BCUT2D eigenvalue weighted by Gasteiger charge is -2.32. The van der Waals surface area contributed by atoms with Crippen molar-refractivity contribution < 1.29 is 42.2 Å². The van der Waals surface area contributed by atoms with Crippen LogP contribution >= 0.6 is 0 Å². The van der Waals surface area contributed by atoms with Crippen molar-refractivity contribution in [2.45, 2.75) is 83.5 Å². The molecule has 0 bridgehead atoms. The summed E-state index contributed by atoms with van der Waals surface area (Å²) in [5, 5.41) is 10.6. The van der Waals surface area contributed by atoms with Crippen LogP contribution in [-0.4, -0.2) is 78.1 Å². The number of carboxylic acids is 1. The summed E-state index contributed by atoms with van der Waals surface area (Å²) in [5.74, 6) is -1.33. The van der Waals surface area contributed by atoms with E-state index in [-0.39, 0.29) is 17.8 Å². The third kappa shape index (κ3) is 14.4. The van der Waals surface area contributed by atoms with Crippen molar-refractivity contribution in [3.8, 4) is 11.1 Å². The second kappa shape index (κ2) is 22.8. The molecule has 2 heterocycles. The van der Waals surface area contributed by atoms with Gasteiger partial charge < -0.3 is 25.0 Å². The van der Waals surface area contributed by atoms with Crippen molar-refractivity contribution in [1.82, 2.24) is 15.1 Å². The predicted octanol–water partition coefficient (Wildman–Crippen LogP) is 9.35. The van der Waals surface area contributed by atoms with Gasteiger partial charge in [-0.25, -0.2) is 9.59 Å². The van der Waals surface area contributed by atoms with Crippen molar-refractivity contribution in [2.75, 3.05) is 33.3 Å². The van der Waals surface area contributed by atoms with E-state index < -0.39 is 12.1 Å². The second-order valence-electron chi connectivity index (χ2n) is 15.7. The number of benzene rings is 4. The number of methoxy groups -OCH3 is 1. The number of ether oxygens (including phenoxy) is 1. The molecule has 0 aliphatic carbocycles. The van der Waals surface area contributed by atoms with Crippen LogP contribution in [0.2, 0.25) is 0 Å². The molecule has 0 atom stereocenters. The quantitative estimate of drug-likeness (QED) is 0.115. The molecule has 4 aromatic carbocycles. The number of alkyl halides is 3. The molecule has 2 amide bonds. The van der Waals surface area contributed by atoms with E-state index in [4.69, 9.17) is 14.6 Å². The zero-order valence-electron chi connectivity index (χ0n) is 34.3. The summed E-state index contributed by atoms with van der Waals surface area (Å²) in [6, 6.07) is 33.8. The molecule has 2 aliphatic heterocycles. The van der Waals surface area contributed by atoms with Crippen molar-refractivity contribution >= 4 is 23.8 Å². The predicted molar refractivity (Wildman–Crippen MR) is 225 cm³/mol. The monoisotopic (exact) mass is 827 g/mol. The van der Waals surface area contributed by atoms with E-state index in [1.165, 1.54) is 57.9 Å². The number of nitrogens with zero attached hydrogens (tertiary/aromatic N) is 2. The minimum atomic E-state index is -5.08. The number of esters is 1. The zero-order valence-corrected chi connectivity index (χ0v) is 34.3. The first kappa shape index (κ1) is 45.6. The first-order valence-corrected chi connectivity index (χ1v) is 20.9. The Morgan fingerprint density at radius 1 is 0.717 bits per heavy atom. The van der Waals surface area contributed by atoms with Gasteiger partial charge in [0, 0.05) is 38.2 Å². The topological polar surface area (TPSA) is 116 Å². The van der Waals surface area contributed by atoms with Crippen molar-refractivity contribution in [3.63, 3.8) is 0 Å². The molecular formula is C48H56F3N3O6. The van der Waals surface area contributed by atoms with Crippen LogP contribution in [0.25, 0.3) is 11.1 Å². The Labute approximate surface area is 350 Å². The van der Waals surface area contributed by atoms with Gasteiger partial charge in [-0.05, 0) is 122 Å². The fourth-order valence-corrected chi connectivity index (χ4v) is 7.94. The number of carboxylic acid groups (broad SMARTS) is 1. The SMILES string of the molecule is COC(=O)c1ccc(CN(Cc2cccc(-c3cccc(C(=O)N4CCC(CCCC5CCNCC5)CC4)c3)c2)C(=O)CCCc2ccccc2)cc1.O=C(O)C(F)(F)F. The molecule has 0 aromatic heterocycles. The van der Waals surface area contributed by atoms with Crippen LogP contribution in [0.3, 0.4) is 0 Å². The number of piperidine rings is 2. The maximum absolute atomic E-state index is 13.7. The van der Waals surface area contributed by atoms with Gasteiger partial charge in [0.1, 0.15) is 0 Å². The molecule has 9 nitrogen and oxygen atoms in total. The van der Waals surface area contributed by atoms with E-state index >= 15 is 0 Å². The Hall–Kier alpha value is -5.49. The molecule has 4 aromatic rings. The Bertz CT molecular complexity index is 1990. The summed E-state index contributed by atoms with van der Waals surface area (Å²) in [6.45, 7) is 4.88. The van der Waals surface area contributed by atoms with Crippen LogP contribution in [0.5, 0.6) is 0 Å². The first-order chi connectivity index (χ1) is 28.9. The largest absolute Gasteiger partial charge is 0.490 e. The smallest absolute Gasteiger partial charge is 0.475 e. The molecule has 2 aliphatic rings. The first-order valence-electron chi connectivity index (χ1n) is 20.9. The van der Waals surface area contributed by atoms with Gasteiger partial charge in [-0.15, -0.1) is 0 Å². The number of hydrogen-bond donors (Lipinski definition) is 2. The van der Waals surface area contributed by atoms with Gasteiger partial charge in [-0.2, -0.15) is 13.2 Å². The van der Waals surface area contributed by atoms with Crippen molar-refractivity contribution in [2.24, 2.45) is 11.8 Å². The van der Waals surface area contributed by atoms with Crippen molar-refractivity contribution in [1.29, 1.82) is 0 Å². The maximum Gasteiger partial charge on any atom is 0.490 e. The van der Waals surface area contributed by atoms with Crippen LogP contribution in [0.4, 0.5) is 13.2 Å². The van der Waals surface area contributed by atoms with E-state index in [2.05, 4.69) is 41.7 Å². The molecule has 2 fully saturated rings. The van der Waals surface area contributed by atoms with Crippen LogP contribution in [0.1, 0.15) is 95.2 Å². The van der Waals surface area contributed by atoms with Crippen LogP contribution < -0.4 is 5.32 Å². The summed E-state index contributed by atoms with van der Waals surface area (Å²) in [4.78, 5) is 52.2. The lowest BCUT2D eigenvalue weighted by Crippen LogP contribution is -2.38. The van der Waals surface area contributed by atoms with E-state index in [1.807, 2.05) is 64.4 Å². The normalized spacial score (nSPS) is 14.8. The molecule has 2 saturated heterocycles.